The molecule has 0 radical (unpaired) electrons. The van der Waals surface area contributed by atoms with Gasteiger partial charge < -0.3 is 5.32 Å². The van der Waals surface area contributed by atoms with Gasteiger partial charge in [-0.2, -0.15) is 0 Å². The van der Waals surface area contributed by atoms with Crippen molar-refractivity contribution in [2.24, 2.45) is 0 Å². The zero-order valence-corrected chi connectivity index (χ0v) is 15.3. The van der Waals surface area contributed by atoms with Crippen molar-refractivity contribution in [2.75, 3.05) is 6.54 Å². The minimum absolute atomic E-state index is 0.0243. The van der Waals surface area contributed by atoms with E-state index in [-0.39, 0.29) is 18.2 Å². The lowest BCUT2D eigenvalue weighted by Crippen LogP contribution is -2.30. The van der Waals surface area contributed by atoms with E-state index in [0.717, 1.165) is 37.7 Å². The largest absolute Gasteiger partial charge is 0.352 e. The molecule has 0 saturated heterocycles. The molecule has 0 bridgehead atoms. The number of hydrogen-bond donors (Lipinski definition) is 2. The number of amides is 2. The summed E-state index contributed by atoms with van der Waals surface area (Å²) in [6, 6.07) is 9.59. The summed E-state index contributed by atoms with van der Waals surface area (Å²) in [5.41, 5.74) is 3.89. The summed E-state index contributed by atoms with van der Waals surface area (Å²) < 4.78 is 0. The lowest BCUT2D eigenvalue weighted by molar-refractivity contribution is -0.134. The van der Waals surface area contributed by atoms with Crippen molar-refractivity contribution in [3.63, 3.8) is 0 Å². The number of allylic oxidation sites excluding steroid dienone is 1. The van der Waals surface area contributed by atoms with Crippen molar-refractivity contribution in [3.8, 4) is 0 Å². The summed E-state index contributed by atoms with van der Waals surface area (Å²) in [5, 5.41) is 2.87. The summed E-state index contributed by atoms with van der Waals surface area (Å²) in [4.78, 5) is 29.5. The molecule has 0 heterocycles. The first-order valence-electron chi connectivity index (χ1n) is 9.09. The second kappa shape index (κ2) is 13.2. The molecule has 0 aliphatic rings. The molecule has 0 atom stereocenters. The van der Waals surface area contributed by atoms with Crippen LogP contribution in [-0.2, 0) is 21.0 Å². The van der Waals surface area contributed by atoms with Crippen molar-refractivity contribution in [1.82, 2.24) is 10.8 Å². The molecule has 0 unspecified atom stereocenters. The average Bonchev–Trinajstić information content (AvgIpc) is 2.62. The predicted octanol–water partition coefficient (Wildman–Crippen LogP) is 3.66. The number of hydroxylamine groups is 1. The van der Waals surface area contributed by atoms with E-state index in [1.54, 1.807) is 0 Å². The van der Waals surface area contributed by atoms with Gasteiger partial charge in [0.25, 0.3) is 0 Å². The maximum absolute atomic E-state index is 12.2. The van der Waals surface area contributed by atoms with Gasteiger partial charge >= 0.3 is 0 Å². The van der Waals surface area contributed by atoms with E-state index in [1.165, 1.54) is 0 Å². The second-order valence-electron chi connectivity index (χ2n) is 5.96. The highest BCUT2D eigenvalue weighted by atomic mass is 16.6. The lowest BCUT2D eigenvalue weighted by Gasteiger charge is -2.10. The molecule has 0 aromatic heterocycles. The van der Waals surface area contributed by atoms with Crippen LogP contribution < -0.4 is 10.8 Å². The van der Waals surface area contributed by atoms with E-state index >= 15 is 0 Å². The Balaban J connectivity index is 2.46. The number of unbranched alkanes of at least 4 members (excludes halogenated alkanes) is 3. The van der Waals surface area contributed by atoms with Crippen molar-refractivity contribution in [2.45, 2.75) is 59.0 Å². The van der Waals surface area contributed by atoms with Crippen LogP contribution in [0.25, 0.3) is 0 Å². The zero-order valence-electron chi connectivity index (χ0n) is 15.3. The molecule has 5 heteroatoms. The van der Waals surface area contributed by atoms with Crippen LogP contribution in [0, 0.1) is 0 Å². The van der Waals surface area contributed by atoms with Crippen molar-refractivity contribution < 1.29 is 14.4 Å². The number of nitrogens with one attached hydrogen (secondary N) is 2. The van der Waals surface area contributed by atoms with Gasteiger partial charge in [-0.1, -0.05) is 69.5 Å². The quantitative estimate of drug-likeness (QED) is 0.345. The monoisotopic (exact) mass is 346 g/mol. The standard InChI is InChI=1S/C20H30N2O3/c1-3-5-8-13-18(20(24)21-14-6-4-2)15-19(23)22-25-16-17-11-9-7-10-12-17/h7,9-13H,3-6,8,14-16H2,1-2H3,(H,21,24)(H,22,23)/b18-13+. The van der Waals surface area contributed by atoms with E-state index in [9.17, 15) is 9.59 Å². The van der Waals surface area contributed by atoms with E-state index in [1.807, 2.05) is 36.4 Å². The maximum atomic E-state index is 12.2. The van der Waals surface area contributed by atoms with Gasteiger partial charge in [-0.05, 0) is 18.4 Å². The molecule has 0 saturated carbocycles. The first-order valence-corrected chi connectivity index (χ1v) is 9.09. The van der Waals surface area contributed by atoms with Gasteiger partial charge in [0.2, 0.25) is 11.8 Å². The number of hydrogen-bond acceptors (Lipinski definition) is 3. The normalized spacial score (nSPS) is 11.2. The predicted molar refractivity (Wildman–Crippen MR) is 99.5 cm³/mol. The fraction of sp³-hybridized carbons (Fsp3) is 0.500. The average molecular weight is 346 g/mol. The Labute approximate surface area is 150 Å². The van der Waals surface area contributed by atoms with Gasteiger partial charge in [0, 0.05) is 12.1 Å². The van der Waals surface area contributed by atoms with Crippen molar-refractivity contribution in [3.05, 3.63) is 47.5 Å². The SMILES string of the molecule is CCCC/C=C(\CC(=O)NOCc1ccccc1)C(=O)NCCCC. The molecule has 1 rings (SSSR count). The molecule has 5 nitrogen and oxygen atoms in total. The lowest BCUT2D eigenvalue weighted by atomic mass is 10.1. The summed E-state index contributed by atoms with van der Waals surface area (Å²) in [6.07, 6.45) is 6.68. The molecule has 0 spiro atoms. The van der Waals surface area contributed by atoms with Gasteiger partial charge in [0.05, 0.1) is 13.0 Å². The molecule has 1 aromatic carbocycles. The molecule has 0 aliphatic heterocycles. The Kier molecular flexibility index (Phi) is 11.0. The molecular weight excluding hydrogens is 316 g/mol. The Bertz CT molecular complexity index is 541. The fourth-order valence-corrected chi connectivity index (χ4v) is 2.20. The van der Waals surface area contributed by atoms with Crippen LogP contribution in [-0.4, -0.2) is 18.4 Å². The summed E-state index contributed by atoms with van der Waals surface area (Å²) in [6.45, 7) is 5.09. The van der Waals surface area contributed by atoms with Crippen LogP contribution in [0.15, 0.2) is 42.0 Å². The van der Waals surface area contributed by atoms with Crippen LogP contribution in [0.5, 0.6) is 0 Å². The van der Waals surface area contributed by atoms with Crippen LogP contribution in [0.2, 0.25) is 0 Å². The summed E-state index contributed by atoms with van der Waals surface area (Å²) >= 11 is 0. The van der Waals surface area contributed by atoms with Crippen molar-refractivity contribution in [1.29, 1.82) is 0 Å². The maximum Gasteiger partial charge on any atom is 0.248 e. The van der Waals surface area contributed by atoms with E-state index in [0.29, 0.717) is 18.7 Å². The molecule has 25 heavy (non-hydrogen) atoms. The van der Waals surface area contributed by atoms with Gasteiger partial charge in [-0.25, -0.2) is 5.48 Å². The third-order valence-corrected chi connectivity index (χ3v) is 3.67. The molecule has 2 amide bonds. The van der Waals surface area contributed by atoms with E-state index in [2.05, 4.69) is 24.6 Å². The van der Waals surface area contributed by atoms with Crippen molar-refractivity contribution >= 4 is 11.8 Å². The second-order valence-corrected chi connectivity index (χ2v) is 5.96. The highest BCUT2D eigenvalue weighted by Gasteiger charge is 2.13. The van der Waals surface area contributed by atoms with Gasteiger partial charge in [-0.15, -0.1) is 0 Å². The Hall–Kier alpha value is -2.14. The van der Waals surface area contributed by atoms with E-state index in [4.69, 9.17) is 4.84 Å². The topological polar surface area (TPSA) is 67.4 Å². The Morgan fingerprint density at radius 3 is 2.48 bits per heavy atom. The molecular formula is C20H30N2O3. The zero-order chi connectivity index (χ0) is 18.3. The molecule has 138 valence electrons. The fourth-order valence-electron chi connectivity index (χ4n) is 2.20. The van der Waals surface area contributed by atoms with Crippen LogP contribution in [0.1, 0.15) is 57.9 Å². The highest BCUT2D eigenvalue weighted by molar-refractivity contribution is 5.98. The third kappa shape index (κ3) is 9.67. The van der Waals surface area contributed by atoms with Crippen LogP contribution in [0.3, 0.4) is 0 Å². The number of rotatable bonds is 12. The minimum atomic E-state index is -0.315. The summed E-state index contributed by atoms with van der Waals surface area (Å²) in [5.74, 6) is -0.480. The van der Waals surface area contributed by atoms with Gasteiger partial charge in [0.15, 0.2) is 0 Å². The van der Waals surface area contributed by atoms with Crippen LogP contribution >= 0.6 is 0 Å². The smallest absolute Gasteiger partial charge is 0.248 e. The van der Waals surface area contributed by atoms with E-state index < -0.39 is 0 Å². The molecule has 2 N–H and O–H groups in total. The van der Waals surface area contributed by atoms with Crippen LogP contribution in [0.4, 0.5) is 0 Å². The number of carbonyl (C=O) groups excluding carboxylic acids is 2. The minimum Gasteiger partial charge on any atom is -0.352 e. The third-order valence-electron chi connectivity index (χ3n) is 3.67. The molecule has 1 aromatic rings. The Morgan fingerprint density at radius 1 is 1.08 bits per heavy atom. The Morgan fingerprint density at radius 2 is 1.80 bits per heavy atom. The number of benzene rings is 1. The molecule has 0 aliphatic carbocycles. The molecule has 0 fully saturated rings. The highest BCUT2D eigenvalue weighted by Crippen LogP contribution is 2.07. The van der Waals surface area contributed by atoms with Gasteiger partial charge in [0.1, 0.15) is 0 Å². The first kappa shape index (κ1) is 20.9. The van der Waals surface area contributed by atoms with Gasteiger partial charge in [-0.3, -0.25) is 14.4 Å². The summed E-state index contributed by atoms with van der Waals surface area (Å²) in [7, 11) is 0. The first-order chi connectivity index (χ1) is 12.2. The number of carbonyl (C=O) groups is 2.